The van der Waals surface area contributed by atoms with E-state index < -0.39 is 0 Å². The molecule has 4 heteroatoms. The maximum Gasteiger partial charge on any atom is 0.123 e. The van der Waals surface area contributed by atoms with Crippen LogP contribution in [-0.2, 0) is 0 Å². The SMILES string of the molecule is COc1ccc(Br)cc1C(NN)C1CCC(C)CC1. The highest BCUT2D eigenvalue weighted by Gasteiger charge is 2.28. The average molecular weight is 327 g/mol. The molecule has 0 aliphatic heterocycles. The molecule has 0 radical (unpaired) electrons. The predicted molar refractivity (Wildman–Crippen MR) is 81.9 cm³/mol. The normalized spacial score (nSPS) is 25.1. The van der Waals surface area contributed by atoms with Crippen molar-refractivity contribution in [3.63, 3.8) is 0 Å². The summed E-state index contributed by atoms with van der Waals surface area (Å²) >= 11 is 3.53. The van der Waals surface area contributed by atoms with Gasteiger partial charge in [-0.05, 0) is 42.9 Å². The third-order valence-electron chi connectivity index (χ3n) is 4.24. The minimum Gasteiger partial charge on any atom is -0.496 e. The molecule has 19 heavy (non-hydrogen) atoms. The summed E-state index contributed by atoms with van der Waals surface area (Å²) in [4.78, 5) is 0. The molecule has 3 nitrogen and oxygen atoms in total. The summed E-state index contributed by atoms with van der Waals surface area (Å²) in [6.45, 7) is 2.33. The highest BCUT2D eigenvalue weighted by Crippen LogP contribution is 2.39. The predicted octanol–water partition coefficient (Wildman–Crippen LogP) is 3.79. The molecule has 0 saturated heterocycles. The first kappa shape index (κ1) is 14.8. The van der Waals surface area contributed by atoms with Crippen molar-refractivity contribution in [2.75, 3.05) is 7.11 Å². The molecule has 0 spiro atoms. The lowest BCUT2D eigenvalue weighted by Gasteiger charge is -2.33. The van der Waals surface area contributed by atoms with Gasteiger partial charge in [-0.25, -0.2) is 0 Å². The monoisotopic (exact) mass is 326 g/mol. The van der Waals surface area contributed by atoms with Gasteiger partial charge >= 0.3 is 0 Å². The molecule has 1 unspecified atom stereocenters. The second-order valence-corrected chi connectivity index (χ2v) is 6.47. The number of halogens is 1. The molecular formula is C15H23BrN2O. The van der Waals surface area contributed by atoms with Crippen LogP contribution >= 0.6 is 15.9 Å². The van der Waals surface area contributed by atoms with E-state index in [1.54, 1.807) is 7.11 Å². The summed E-state index contributed by atoms with van der Waals surface area (Å²) < 4.78 is 6.54. The highest BCUT2D eigenvalue weighted by molar-refractivity contribution is 9.10. The lowest BCUT2D eigenvalue weighted by molar-refractivity contribution is 0.229. The fourth-order valence-electron chi connectivity index (χ4n) is 3.05. The third kappa shape index (κ3) is 3.50. The minimum absolute atomic E-state index is 0.167. The van der Waals surface area contributed by atoms with Gasteiger partial charge in [0, 0.05) is 10.0 Å². The van der Waals surface area contributed by atoms with Crippen molar-refractivity contribution in [3.05, 3.63) is 28.2 Å². The van der Waals surface area contributed by atoms with Gasteiger partial charge in [0.25, 0.3) is 0 Å². The number of hydrogen-bond acceptors (Lipinski definition) is 3. The van der Waals surface area contributed by atoms with Gasteiger partial charge in [0.05, 0.1) is 13.2 Å². The molecular weight excluding hydrogens is 304 g/mol. The van der Waals surface area contributed by atoms with Crippen LogP contribution in [0.3, 0.4) is 0 Å². The van der Waals surface area contributed by atoms with Gasteiger partial charge in [0.1, 0.15) is 5.75 Å². The van der Waals surface area contributed by atoms with Gasteiger partial charge in [-0.2, -0.15) is 0 Å². The largest absolute Gasteiger partial charge is 0.496 e. The van der Waals surface area contributed by atoms with Crippen LogP contribution in [-0.4, -0.2) is 7.11 Å². The molecule has 0 aromatic heterocycles. The molecule has 1 saturated carbocycles. The zero-order valence-corrected chi connectivity index (χ0v) is 13.2. The van der Waals surface area contributed by atoms with Crippen LogP contribution < -0.4 is 16.0 Å². The number of nitrogens with one attached hydrogen (secondary N) is 1. The zero-order valence-electron chi connectivity index (χ0n) is 11.7. The van der Waals surface area contributed by atoms with Crippen molar-refractivity contribution in [1.82, 2.24) is 5.43 Å². The first-order valence-electron chi connectivity index (χ1n) is 6.95. The lowest BCUT2D eigenvalue weighted by Crippen LogP contribution is -2.35. The van der Waals surface area contributed by atoms with E-state index in [1.165, 1.54) is 25.7 Å². The Hall–Kier alpha value is -0.580. The molecule has 1 aromatic rings. The summed E-state index contributed by atoms with van der Waals surface area (Å²) in [7, 11) is 1.71. The highest BCUT2D eigenvalue weighted by atomic mass is 79.9. The molecule has 1 aromatic carbocycles. The molecule has 1 fully saturated rings. The van der Waals surface area contributed by atoms with E-state index >= 15 is 0 Å². The van der Waals surface area contributed by atoms with E-state index in [4.69, 9.17) is 10.6 Å². The number of rotatable bonds is 4. The van der Waals surface area contributed by atoms with Crippen molar-refractivity contribution in [2.24, 2.45) is 17.7 Å². The van der Waals surface area contributed by atoms with E-state index in [2.05, 4.69) is 34.3 Å². The van der Waals surface area contributed by atoms with E-state index in [0.717, 1.165) is 21.7 Å². The van der Waals surface area contributed by atoms with Gasteiger partial charge in [-0.1, -0.05) is 35.7 Å². The topological polar surface area (TPSA) is 47.3 Å². The number of nitrogens with two attached hydrogens (primary N) is 1. The molecule has 0 bridgehead atoms. The molecule has 0 heterocycles. The van der Waals surface area contributed by atoms with Crippen molar-refractivity contribution in [2.45, 2.75) is 38.6 Å². The number of hydrazine groups is 1. The van der Waals surface area contributed by atoms with Crippen LogP contribution in [0.2, 0.25) is 0 Å². The maximum absolute atomic E-state index is 5.82. The van der Waals surface area contributed by atoms with Crippen LogP contribution in [0.5, 0.6) is 5.75 Å². The van der Waals surface area contributed by atoms with Crippen LogP contribution in [0.15, 0.2) is 22.7 Å². The van der Waals surface area contributed by atoms with Crippen LogP contribution in [0, 0.1) is 11.8 Å². The molecule has 1 aliphatic carbocycles. The number of hydrogen-bond donors (Lipinski definition) is 2. The Morgan fingerprint density at radius 1 is 1.32 bits per heavy atom. The Balaban J connectivity index is 2.23. The first-order chi connectivity index (χ1) is 9.15. The van der Waals surface area contributed by atoms with E-state index in [-0.39, 0.29) is 6.04 Å². The summed E-state index contributed by atoms with van der Waals surface area (Å²) in [5, 5.41) is 0. The Labute approximate surface area is 124 Å². The van der Waals surface area contributed by atoms with E-state index in [9.17, 15) is 0 Å². The van der Waals surface area contributed by atoms with Gasteiger partial charge < -0.3 is 4.74 Å². The fourth-order valence-corrected chi connectivity index (χ4v) is 3.43. The Bertz CT molecular complexity index is 417. The molecule has 106 valence electrons. The zero-order chi connectivity index (χ0) is 13.8. The van der Waals surface area contributed by atoms with Crippen molar-refractivity contribution >= 4 is 15.9 Å². The van der Waals surface area contributed by atoms with Crippen molar-refractivity contribution < 1.29 is 4.74 Å². The number of benzene rings is 1. The molecule has 3 N–H and O–H groups in total. The Morgan fingerprint density at radius 3 is 2.58 bits per heavy atom. The standard InChI is InChI=1S/C15H23BrN2O/c1-10-3-5-11(6-4-10)15(18-17)13-9-12(16)7-8-14(13)19-2/h7-11,15,18H,3-6,17H2,1-2H3. The molecule has 0 amide bonds. The second-order valence-electron chi connectivity index (χ2n) is 5.55. The third-order valence-corrected chi connectivity index (χ3v) is 4.73. The Kier molecular flexibility index (Phi) is 5.25. The quantitative estimate of drug-likeness (QED) is 0.653. The lowest BCUT2D eigenvalue weighted by atomic mass is 9.77. The number of methoxy groups -OCH3 is 1. The smallest absolute Gasteiger partial charge is 0.123 e. The number of ether oxygens (including phenoxy) is 1. The van der Waals surface area contributed by atoms with Gasteiger partial charge in [0.15, 0.2) is 0 Å². The first-order valence-corrected chi connectivity index (χ1v) is 7.74. The summed E-state index contributed by atoms with van der Waals surface area (Å²) in [6.07, 6.45) is 5.04. The molecule has 1 aliphatic rings. The summed E-state index contributed by atoms with van der Waals surface area (Å²) in [5.41, 5.74) is 4.16. The van der Waals surface area contributed by atoms with Crippen LogP contribution in [0.1, 0.15) is 44.2 Å². The Morgan fingerprint density at radius 2 is 2.00 bits per heavy atom. The molecule has 2 rings (SSSR count). The van der Waals surface area contributed by atoms with Gasteiger partial charge in [0.2, 0.25) is 0 Å². The van der Waals surface area contributed by atoms with Crippen molar-refractivity contribution in [1.29, 1.82) is 0 Å². The maximum atomic E-state index is 5.82. The van der Waals surface area contributed by atoms with Crippen molar-refractivity contribution in [3.8, 4) is 5.75 Å². The molecule has 1 atom stereocenters. The van der Waals surface area contributed by atoms with E-state index in [0.29, 0.717) is 5.92 Å². The average Bonchev–Trinajstić information content (AvgIpc) is 2.42. The van der Waals surface area contributed by atoms with Crippen LogP contribution in [0.25, 0.3) is 0 Å². The van der Waals surface area contributed by atoms with Crippen LogP contribution in [0.4, 0.5) is 0 Å². The van der Waals surface area contributed by atoms with E-state index in [1.807, 2.05) is 12.1 Å². The minimum atomic E-state index is 0.167. The van der Waals surface area contributed by atoms with Gasteiger partial charge in [-0.15, -0.1) is 0 Å². The fraction of sp³-hybridized carbons (Fsp3) is 0.600. The second kappa shape index (κ2) is 6.73. The van der Waals surface area contributed by atoms with Gasteiger partial charge in [-0.3, -0.25) is 11.3 Å². The summed E-state index contributed by atoms with van der Waals surface area (Å²) in [5.74, 6) is 8.16. The summed E-state index contributed by atoms with van der Waals surface area (Å²) in [6, 6.07) is 6.27.